The predicted octanol–water partition coefficient (Wildman–Crippen LogP) is 3.38. The maximum atomic E-state index is 12.3. The third-order valence-corrected chi connectivity index (χ3v) is 4.73. The number of anilines is 2. The molecule has 4 nitrogen and oxygen atoms in total. The summed E-state index contributed by atoms with van der Waals surface area (Å²) in [6.45, 7) is 4.66. The SMILES string of the molecule is Cc1cccc(Nc2ccccc2C(=O)NCC[Se]C#N)c1C. The fourth-order valence-corrected chi connectivity index (χ4v) is 2.80. The second-order valence-corrected chi connectivity index (χ2v) is 6.96. The Morgan fingerprint density at radius 1 is 1.13 bits per heavy atom. The molecule has 2 aromatic carbocycles. The number of benzene rings is 2. The molecule has 118 valence electrons. The minimum atomic E-state index is -0.118. The number of carbonyl (C=O) groups excluding carboxylic acids is 1. The number of rotatable bonds is 6. The molecule has 0 saturated carbocycles. The topological polar surface area (TPSA) is 64.9 Å². The average Bonchev–Trinajstić information content (AvgIpc) is 2.56. The van der Waals surface area contributed by atoms with Crippen LogP contribution < -0.4 is 10.6 Å². The quantitative estimate of drug-likeness (QED) is 0.604. The number of para-hydroxylation sites is 1. The van der Waals surface area contributed by atoms with Crippen LogP contribution in [0.25, 0.3) is 0 Å². The van der Waals surface area contributed by atoms with Crippen molar-refractivity contribution in [2.24, 2.45) is 0 Å². The van der Waals surface area contributed by atoms with Gasteiger partial charge in [-0.25, -0.2) is 0 Å². The van der Waals surface area contributed by atoms with Crippen LogP contribution in [0.4, 0.5) is 11.4 Å². The van der Waals surface area contributed by atoms with Gasteiger partial charge in [-0.05, 0) is 0 Å². The van der Waals surface area contributed by atoms with Gasteiger partial charge in [-0.3, -0.25) is 0 Å². The molecule has 0 bridgehead atoms. The van der Waals surface area contributed by atoms with Gasteiger partial charge in [0.05, 0.1) is 0 Å². The second-order valence-electron chi connectivity index (χ2n) is 5.11. The van der Waals surface area contributed by atoms with E-state index in [0.29, 0.717) is 12.1 Å². The Kier molecular flexibility index (Phi) is 6.22. The Morgan fingerprint density at radius 3 is 2.65 bits per heavy atom. The van der Waals surface area contributed by atoms with E-state index in [1.54, 1.807) is 6.07 Å². The molecule has 0 aliphatic carbocycles. The predicted molar refractivity (Wildman–Crippen MR) is 94.1 cm³/mol. The molecular formula is C18H19N3OSe. The number of carbonyl (C=O) groups is 1. The molecule has 0 saturated heterocycles. The molecule has 2 aromatic rings. The van der Waals surface area contributed by atoms with Crippen molar-refractivity contribution in [3.63, 3.8) is 0 Å². The van der Waals surface area contributed by atoms with Gasteiger partial charge in [0, 0.05) is 0 Å². The first-order valence-electron chi connectivity index (χ1n) is 7.35. The van der Waals surface area contributed by atoms with Gasteiger partial charge in [0.1, 0.15) is 0 Å². The zero-order valence-corrected chi connectivity index (χ0v) is 14.9. The van der Waals surface area contributed by atoms with E-state index in [0.717, 1.165) is 16.7 Å². The third kappa shape index (κ3) is 4.59. The summed E-state index contributed by atoms with van der Waals surface area (Å²) in [7, 11) is 0. The molecular weight excluding hydrogens is 353 g/mol. The van der Waals surface area contributed by atoms with Gasteiger partial charge in [0.25, 0.3) is 0 Å². The van der Waals surface area contributed by atoms with E-state index in [9.17, 15) is 4.79 Å². The van der Waals surface area contributed by atoms with Gasteiger partial charge >= 0.3 is 143 Å². The van der Waals surface area contributed by atoms with Gasteiger partial charge in [-0.2, -0.15) is 0 Å². The molecule has 0 aliphatic rings. The van der Waals surface area contributed by atoms with Crippen molar-refractivity contribution in [2.45, 2.75) is 19.2 Å². The number of aryl methyl sites for hydroxylation is 1. The van der Waals surface area contributed by atoms with Crippen molar-refractivity contribution in [3.05, 3.63) is 59.2 Å². The summed E-state index contributed by atoms with van der Waals surface area (Å²) in [5.41, 5.74) is 4.76. The molecule has 5 heteroatoms. The summed E-state index contributed by atoms with van der Waals surface area (Å²) < 4.78 is 0. The Morgan fingerprint density at radius 2 is 1.87 bits per heavy atom. The first kappa shape index (κ1) is 17.1. The molecule has 23 heavy (non-hydrogen) atoms. The molecule has 0 aliphatic heterocycles. The Labute approximate surface area is 143 Å². The van der Waals surface area contributed by atoms with E-state index in [2.05, 4.69) is 35.5 Å². The first-order valence-corrected chi connectivity index (χ1v) is 9.41. The molecule has 0 unspecified atom stereocenters. The number of nitrogens with one attached hydrogen (secondary N) is 2. The van der Waals surface area contributed by atoms with E-state index in [1.807, 2.05) is 30.3 Å². The van der Waals surface area contributed by atoms with Crippen molar-refractivity contribution < 1.29 is 4.79 Å². The van der Waals surface area contributed by atoms with Crippen LogP contribution in [-0.2, 0) is 0 Å². The van der Waals surface area contributed by atoms with E-state index in [-0.39, 0.29) is 20.9 Å². The second kappa shape index (κ2) is 8.38. The van der Waals surface area contributed by atoms with Crippen LogP contribution in [0.15, 0.2) is 42.5 Å². The zero-order valence-electron chi connectivity index (χ0n) is 13.2. The summed E-state index contributed by atoms with van der Waals surface area (Å²) in [5.74, 6) is -0.118. The molecule has 0 atom stereocenters. The van der Waals surface area contributed by atoms with Crippen LogP contribution in [0, 0.1) is 24.1 Å². The van der Waals surface area contributed by atoms with Crippen LogP contribution in [0.5, 0.6) is 0 Å². The normalized spacial score (nSPS) is 9.96. The first-order chi connectivity index (χ1) is 11.1. The Bertz CT molecular complexity index is 737. The summed E-state index contributed by atoms with van der Waals surface area (Å²) in [6, 6.07) is 13.5. The minimum absolute atomic E-state index is 0.0657. The molecule has 1 amide bonds. The fraction of sp³-hybridized carbons (Fsp3) is 0.222. The van der Waals surface area contributed by atoms with Crippen LogP contribution in [0.1, 0.15) is 21.5 Å². The average molecular weight is 372 g/mol. The fourth-order valence-electron chi connectivity index (χ4n) is 2.18. The van der Waals surface area contributed by atoms with Crippen LogP contribution in [0.3, 0.4) is 0 Å². The molecule has 0 aromatic heterocycles. The van der Waals surface area contributed by atoms with Crippen molar-refractivity contribution in [1.82, 2.24) is 5.32 Å². The van der Waals surface area contributed by atoms with Gasteiger partial charge in [0.2, 0.25) is 0 Å². The Hall–Kier alpha value is -2.28. The molecule has 2 N–H and O–H groups in total. The number of nitrogens with zero attached hydrogens (tertiary/aromatic N) is 1. The molecule has 0 spiro atoms. The van der Waals surface area contributed by atoms with Crippen molar-refractivity contribution in [1.29, 1.82) is 5.26 Å². The van der Waals surface area contributed by atoms with Gasteiger partial charge in [-0.1, -0.05) is 0 Å². The van der Waals surface area contributed by atoms with Crippen molar-refractivity contribution >= 4 is 32.2 Å². The monoisotopic (exact) mass is 373 g/mol. The van der Waals surface area contributed by atoms with Gasteiger partial charge in [-0.15, -0.1) is 0 Å². The number of hydrogen-bond donors (Lipinski definition) is 2. The number of hydrogen-bond acceptors (Lipinski definition) is 3. The molecule has 2 rings (SSSR count). The van der Waals surface area contributed by atoms with E-state index in [1.165, 1.54) is 11.1 Å². The number of nitriles is 1. The van der Waals surface area contributed by atoms with Crippen molar-refractivity contribution in [3.8, 4) is 4.97 Å². The molecule has 0 radical (unpaired) electrons. The summed E-state index contributed by atoms with van der Waals surface area (Å²) in [6.07, 6.45) is 0. The summed E-state index contributed by atoms with van der Waals surface area (Å²) >= 11 is -0.0657. The van der Waals surface area contributed by atoms with Crippen LogP contribution >= 0.6 is 0 Å². The van der Waals surface area contributed by atoms with Crippen LogP contribution in [0.2, 0.25) is 5.32 Å². The maximum absolute atomic E-state index is 12.3. The van der Waals surface area contributed by atoms with Crippen LogP contribution in [-0.4, -0.2) is 27.4 Å². The van der Waals surface area contributed by atoms with E-state index < -0.39 is 0 Å². The number of amides is 1. The molecule has 0 fully saturated rings. The summed E-state index contributed by atoms with van der Waals surface area (Å²) in [4.78, 5) is 14.5. The van der Waals surface area contributed by atoms with E-state index >= 15 is 0 Å². The third-order valence-electron chi connectivity index (χ3n) is 3.60. The zero-order chi connectivity index (χ0) is 16.7. The van der Waals surface area contributed by atoms with Gasteiger partial charge in [0.15, 0.2) is 0 Å². The molecule has 0 heterocycles. The van der Waals surface area contributed by atoms with Crippen molar-refractivity contribution in [2.75, 3.05) is 11.9 Å². The Balaban J connectivity index is 2.16. The van der Waals surface area contributed by atoms with E-state index in [4.69, 9.17) is 5.26 Å². The standard InChI is InChI=1S/C18H19N3OSe/c1-13-6-5-9-16(14(13)2)21-17-8-4-3-7-15(17)18(22)20-10-11-23-12-19/h3-9,21H,10-11H2,1-2H3,(H,20,22). The van der Waals surface area contributed by atoms with Gasteiger partial charge < -0.3 is 0 Å². The summed E-state index contributed by atoms with van der Waals surface area (Å²) in [5, 5.41) is 15.5.